The smallest absolute Gasteiger partial charge is 0.410 e. The zero-order chi connectivity index (χ0) is 39.3. The number of hydrogen-bond acceptors (Lipinski definition) is 12. The molecule has 1 aliphatic heterocycles. The van der Waals surface area contributed by atoms with Crippen LogP contribution in [0.25, 0.3) is 5.65 Å². The molecule has 1 N–H and O–H groups in total. The molecule has 2 aromatic carbocycles. The fraction of sp³-hybridized carbons (Fsp3) is 0.439. The molecule has 4 heterocycles. The molecule has 1 saturated heterocycles. The van der Waals surface area contributed by atoms with Crippen LogP contribution in [0.1, 0.15) is 75.1 Å². The van der Waals surface area contributed by atoms with Gasteiger partial charge in [-0.1, -0.05) is 31.2 Å². The third-order valence-corrected chi connectivity index (χ3v) is 9.50. The molecule has 14 nitrogen and oxygen atoms in total. The standard InChI is InChI=1S/C41H52N8O6/c1-9-28(3)54-39-44-38(48(25-29-10-14-32(52-7)15-11-29)26-30-12-16-33(53-8)17-13-30)37-43-24-34(49(37)45-39)35(50)31-22-27(2)36(42-23-31)46-18-20-47(21-19-46)40(51)55-41(4,5)6/h10-17,22-24,28,35,50H,9,18-21,25-26H2,1-8H3/t28-,35?/m1/s1. The predicted molar refractivity (Wildman–Crippen MR) is 210 cm³/mol. The number of nitrogens with zero attached hydrogens (tertiary/aromatic N) is 8. The molecule has 6 rings (SSSR count). The fourth-order valence-electron chi connectivity index (χ4n) is 6.35. The number of amides is 1. The van der Waals surface area contributed by atoms with E-state index in [0.717, 1.165) is 40.4 Å². The van der Waals surface area contributed by atoms with Crippen molar-refractivity contribution in [2.24, 2.45) is 0 Å². The van der Waals surface area contributed by atoms with Gasteiger partial charge in [-0.25, -0.2) is 19.3 Å². The number of fused-ring (bicyclic) bond motifs is 1. The first kappa shape index (κ1) is 39.1. The van der Waals surface area contributed by atoms with Gasteiger partial charge < -0.3 is 38.8 Å². The van der Waals surface area contributed by atoms with Gasteiger partial charge in [0.15, 0.2) is 11.5 Å². The summed E-state index contributed by atoms with van der Waals surface area (Å²) in [6.07, 6.45) is 2.51. The van der Waals surface area contributed by atoms with Crippen LogP contribution in [0.2, 0.25) is 0 Å². The van der Waals surface area contributed by atoms with Gasteiger partial charge in [0.05, 0.1) is 32.2 Å². The van der Waals surface area contributed by atoms with E-state index >= 15 is 0 Å². The van der Waals surface area contributed by atoms with Gasteiger partial charge in [0.2, 0.25) is 0 Å². The molecule has 1 aliphatic rings. The second-order valence-corrected chi connectivity index (χ2v) is 14.8. The van der Waals surface area contributed by atoms with Crippen molar-refractivity contribution in [2.75, 3.05) is 50.2 Å². The molecule has 14 heteroatoms. The van der Waals surface area contributed by atoms with Gasteiger partial charge in [-0.3, -0.25) is 0 Å². The average Bonchev–Trinajstić information content (AvgIpc) is 3.61. The number of benzene rings is 2. The fourth-order valence-corrected chi connectivity index (χ4v) is 6.35. The first-order valence-corrected chi connectivity index (χ1v) is 18.7. The number of aliphatic hydroxyl groups excluding tert-OH is 1. The highest BCUT2D eigenvalue weighted by Crippen LogP contribution is 2.31. The van der Waals surface area contributed by atoms with Gasteiger partial charge in [0.1, 0.15) is 29.0 Å². The molecule has 5 aromatic rings. The zero-order valence-corrected chi connectivity index (χ0v) is 33.0. The largest absolute Gasteiger partial charge is 0.497 e. The molecule has 1 fully saturated rings. The normalized spacial score (nSPS) is 14.4. The van der Waals surface area contributed by atoms with E-state index in [4.69, 9.17) is 39.0 Å². The monoisotopic (exact) mass is 752 g/mol. The van der Waals surface area contributed by atoms with E-state index < -0.39 is 11.7 Å². The van der Waals surface area contributed by atoms with Crippen LogP contribution in [-0.2, 0) is 17.8 Å². The lowest BCUT2D eigenvalue weighted by atomic mass is 10.1. The number of aliphatic hydroxyl groups is 1. The number of aromatic nitrogens is 5. The highest BCUT2D eigenvalue weighted by atomic mass is 16.6. The topological polar surface area (TPSA) is 140 Å². The number of carbonyl (C=O) groups excluding carboxylic acids is 1. The molecule has 3 aromatic heterocycles. The Hall–Kier alpha value is -5.63. The van der Waals surface area contributed by atoms with E-state index in [2.05, 4.69) is 9.80 Å². The lowest BCUT2D eigenvalue weighted by Gasteiger charge is -2.36. The lowest BCUT2D eigenvalue weighted by Crippen LogP contribution is -2.50. The van der Waals surface area contributed by atoms with Crippen LogP contribution < -0.4 is 24.0 Å². The summed E-state index contributed by atoms with van der Waals surface area (Å²) >= 11 is 0. The second-order valence-electron chi connectivity index (χ2n) is 14.8. The van der Waals surface area contributed by atoms with Crippen LogP contribution in [0.5, 0.6) is 17.5 Å². The number of pyridine rings is 1. The molecule has 1 unspecified atom stereocenters. The molecule has 0 aliphatic carbocycles. The van der Waals surface area contributed by atoms with Gasteiger partial charge in [0, 0.05) is 51.0 Å². The van der Waals surface area contributed by atoms with E-state index in [0.29, 0.717) is 62.0 Å². The molecule has 2 atom stereocenters. The number of anilines is 2. The maximum absolute atomic E-state index is 12.6. The van der Waals surface area contributed by atoms with Crippen molar-refractivity contribution in [1.29, 1.82) is 0 Å². The van der Waals surface area contributed by atoms with Crippen LogP contribution in [0, 0.1) is 6.92 Å². The summed E-state index contributed by atoms with van der Waals surface area (Å²) in [6.45, 7) is 14.9. The van der Waals surface area contributed by atoms with Crippen molar-refractivity contribution in [3.05, 3.63) is 94.9 Å². The number of aryl methyl sites for hydroxylation is 1. The molecule has 1 amide bonds. The molecular formula is C41H52N8O6. The Morgan fingerprint density at radius 2 is 1.51 bits per heavy atom. The number of rotatable bonds is 13. The summed E-state index contributed by atoms with van der Waals surface area (Å²) in [5, 5.41) is 16.7. The molecule has 292 valence electrons. The highest BCUT2D eigenvalue weighted by molar-refractivity contribution is 5.69. The van der Waals surface area contributed by atoms with Crippen LogP contribution in [0.4, 0.5) is 16.4 Å². The summed E-state index contributed by atoms with van der Waals surface area (Å²) < 4.78 is 24.2. The van der Waals surface area contributed by atoms with Crippen molar-refractivity contribution in [3.8, 4) is 17.5 Å². The van der Waals surface area contributed by atoms with E-state index in [-0.39, 0.29) is 18.2 Å². The summed E-state index contributed by atoms with van der Waals surface area (Å²) in [4.78, 5) is 33.1. The van der Waals surface area contributed by atoms with Crippen molar-refractivity contribution in [3.63, 3.8) is 0 Å². The predicted octanol–water partition coefficient (Wildman–Crippen LogP) is 6.37. The van der Waals surface area contributed by atoms with E-state index in [1.54, 1.807) is 36.0 Å². The van der Waals surface area contributed by atoms with E-state index in [9.17, 15) is 9.90 Å². The van der Waals surface area contributed by atoms with Gasteiger partial charge >= 0.3 is 12.1 Å². The van der Waals surface area contributed by atoms with Gasteiger partial charge in [-0.15, -0.1) is 5.10 Å². The number of methoxy groups -OCH3 is 2. The van der Waals surface area contributed by atoms with Gasteiger partial charge in [0.25, 0.3) is 0 Å². The quantitative estimate of drug-likeness (QED) is 0.143. The third-order valence-electron chi connectivity index (χ3n) is 9.50. The van der Waals surface area contributed by atoms with Crippen LogP contribution in [-0.4, -0.2) is 92.8 Å². The Labute approximate surface area is 322 Å². The number of piperazine rings is 1. The van der Waals surface area contributed by atoms with Crippen molar-refractivity contribution >= 4 is 23.4 Å². The Balaban J connectivity index is 1.32. The maximum atomic E-state index is 12.6. The van der Waals surface area contributed by atoms with Crippen molar-refractivity contribution < 1.29 is 28.8 Å². The molecule has 55 heavy (non-hydrogen) atoms. The Kier molecular flexibility index (Phi) is 11.9. The molecular weight excluding hydrogens is 701 g/mol. The summed E-state index contributed by atoms with van der Waals surface area (Å²) in [6, 6.07) is 17.9. The van der Waals surface area contributed by atoms with Crippen LogP contribution >= 0.6 is 0 Å². The summed E-state index contributed by atoms with van der Waals surface area (Å²) in [5.74, 6) is 2.89. The average molecular weight is 753 g/mol. The molecule has 0 radical (unpaired) electrons. The van der Waals surface area contributed by atoms with Gasteiger partial charge in [-0.2, -0.15) is 4.98 Å². The van der Waals surface area contributed by atoms with E-state index in [1.165, 1.54) is 0 Å². The number of hydrogen-bond donors (Lipinski definition) is 1. The summed E-state index contributed by atoms with van der Waals surface area (Å²) in [7, 11) is 3.29. The van der Waals surface area contributed by atoms with Crippen molar-refractivity contribution in [2.45, 2.75) is 78.9 Å². The number of imidazole rings is 1. The Morgan fingerprint density at radius 3 is 2.04 bits per heavy atom. The van der Waals surface area contributed by atoms with Crippen LogP contribution in [0.15, 0.2) is 67.0 Å². The second kappa shape index (κ2) is 16.8. The minimum atomic E-state index is -1.10. The van der Waals surface area contributed by atoms with E-state index in [1.807, 2.05) is 96.1 Å². The lowest BCUT2D eigenvalue weighted by molar-refractivity contribution is 0.0240. The molecule has 0 saturated carbocycles. The summed E-state index contributed by atoms with van der Waals surface area (Å²) in [5.41, 5.74) is 3.93. The Bertz CT molecular complexity index is 2010. The maximum Gasteiger partial charge on any atom is 0.410 e. The van der Waals surface area contributed by atoms with Crippen LogP contribution in [0.3, 0.4) is 0 Å². The number of ether oxygens (including phenoxy) is 4. The highest BCUT2D eigenvalue weighted by Gasteiger charge is 2.28. The van der Waals surface area contributed by atoms with Crippen molar-refractivity contribution in [1.82, 2.24) is 29.5 Å². The SMILES string of the molecule is CC[C@@H](C)Oc1nc(N(Cc2ccc(OC)cc2)Cc2ccc(OC)cc2)c2ncc(C(O)c3cnc(N4CCN(C(=O)OC(C)(C)C)CC4)c(C)c3)n2n1. The first-order chi connectivity index (χ1) is 26.3. The minimum absolute atomic E-state index is 0.149. The molecule has 0 bridgehead atoms. The molecule has 0 spiro atoms. The Morgan fingerprint density at radius 1 is 0.909 bits per heavy atom. The zero-order valence-electron chi connectivity index (χ0n) is 33.0. The first-order valence-electron chi connectivity index (χ1n) is 18.7. The third kappa shape index (κ3) is 9.37. The van der Waals surface area contributed by atoms with Gasteiger partial charge in [-0.05, 0) is 88.1 Å². The minimum Gasteiger partial charge on any atom is -0.497 e. The number of carbonyl (C=O) groups is 1.